The van der Waals surface area contributed by atoms with Crippen LogP contribution in [-0.4, -0.2) is 7.05 Å². The highest BCUT2D eigenvalue weighted by atomic mass is 19.1. The number of halogens is 2. The van der Waals surface area contributed by atoms with Crippen molar-refractivity contribution in [3.05, 3.63) is 64.7 Å². The lowest BCUT2D eigenvalue weighted by Gasteiger charge is -2.10. The first-order valence-corrected chi connectivity index (χ1v) is 6.97. The molecule has 112 valence electrons. The Bertz CT molecular complexity index is 573. The summed E-state index contributed by atoms with van der Waals surface area (Å²) in [6.45, 7) is 2.62. The van der Waals surface area contributed by atoms with E-state index in [1.165, 1.54) is 17.7 Å². The molecule has 0 aliphatic carbocycles. The van der Waals surface area contributed by atoms with Crippen LogP contribution in [0.2, 0.25) is 0 Å². The summed E-state index contributed by atoms with van der Waals surface area (Å²) in [5.74, 6) is -1.68. The van der Waals surface area contributed by atoms with Gasteiger partial charge in [0.2, 0.25) is 0 Å². The summed E-state index contributed by atoms with van der Waals surface area (Å²) in [6.07, 6.45) is 0.956. The number of rotatable bonds is 6. The topological polar surface area (TPSA) is 21.3 Å². The fourth-order valence-electron chi connectivity index (χ4n) is 2.08. The summed E-state index contributed by atoms with van der Waals surface area (Å²) in [7, 11) is 1.72. The fourth-order valence-corrected chi connectivity index (χ4v) is 2.08. The summed E-state index contributed by atoms with van der Waals surface area (Å²) in [4.78, 5) is 0. The molecular formula is C17H19F2NO. The maximum absolute atomic E-state index is 13.9. The number of hydrogen-bond donors (Lipinski definition) is 1. The lowest BCUT2D eigenvalue weighted by Crippen LogP contribution is -2.07. The molecule has 0 heterocycles. The lowest BCUT2D eigenvalue weighted by molar-refractivity contribution is 0.273. The van der Waals surface area contributed by atoms with Crippen molar-refractivity contribution in [3.63, 3.8) is 0 Å². The molecule has 2 rings (SSSR count). The molecule has 0 saturated heterocycles. The zero-order valence-corrected chi connectivity index (χ0v) is 12.2. The second-order valence-electron chi connectivity index (χ2n) is 4.88. The average Bonchev–Trinajstić information content (AvgIpc) is 2.47. The number of ether oxygens (including phenoxy) is 1. The molecule has 2 aromatic carbocycles. The van der Waals surface area contributed by atoms with Gasteiger partial charge in [-0.15, -0.1) is 0 Å². The van der Waals surface area contributed by atoms with Gasteiger partial charge in [0.05, 0.1) is 0 Å². The van der Waals surface area contributed by atoms with Crippen LogP contribution in [0.1, 0.15) is 23.6 Å². The molecule has 0 aromatic heterocycles. The summed E-state index contributed by atoms with van der Waals surface area (Å²) >= 11 is 0. The van der Waals surface area contributed by atoms with Gasteiger partial charge in [-0.3, -0.25) is 0 Å². The normalized spacial score (nSPS) is 10.7. The van der Waals surface area contributed by atoms with Crippen molar-refractivity contribution in [2.75, 3.05) is 7.05 Å². The largest absolute Gasteiger partial charge is 0.483 e. The highest BCUT2D eigenvalue weighted by Crippen LogP contribution is 2.24. The van der Waals surface area contributed by atoms with Gasteiger partial charge >= 0.3 is 0 Å². The van der Waals surface area contributed by atoms with Crippen LogP contribution in [-0.2, 0) is 19.6 Å². The highest BCUT2D eigenvalue weighted by Gasteiger charge is 2.12. The van der Waals surface area contributed by atoms with Crippen LogP contribution in [0.4, 0.5) is 8.78 Å². The van der Waals surface area contributed by atoms with Crippen molar-refractivity contribution in [3.8, 4) is 5.75 Å². The van der Waals surface area contributed by atoms with E-state index in [-0.39, 0.29) is 12.4 Å². The van der Waals surface area contributed by atoms with Gasteiger partial charge in [0.25, 0.3) is 0 Å². The van der Waals surface area contributed by atoms with E-state index < -0.39 is 11.6 Å². The molecule has 0 spiro atoms. The van der Waals surface area contributed by atoms with Gasteiger partial charge in [0.15, 0.2) is 17.4 Å². The van der Waals surface area contributed by atoms with Crippen LogP contribution in [0.3, 0.4) is 0 Å². The smallest absolute Gasteiger partial charge is 0.191 e. The van der Waals surface area contributed by atoms with Crippen molar-refractivity contribution in [2.45, 2.75) is 26.5 Å². The molecule has 0 aliphatic heterocycles. The first-order valence-electron chi connectivity index (χ1n) is 6.97. The van der Waals surface area contributed by atoms with E-state index in [9.17, 15) is 8.78 Å². The van der Waals surface area contributed by atoms with E-state index in [1.807, 2.05) is 24.3 Å². The summed E-state index contributed by atoms with van der Waals surface area (Å²) in [5, 5.41) is 2.85. The standard InChI is InChI=1S/C17H19F2NO/c1-3-12-4-6-13(7-5-12)11-21-17-15(18)8-14(10-20-2)9-16(17)19/h4-9,20H,3,10-11H2,1-2H3. The van der Waals surface area contributed by atoms with E-state index in [1.54, 1.807) is 7.05 Å². The highest BCUT2D eigenvalue weighted by molar-refractivity contribution is 5.32. The number of hydrogen-bond acceptors (Lipinski definition) is 2. The Hall–Kier alpha value is -1.94. The molecular weight excluding hydrogens is 272 g/mol. The van der Waals surface area contributed by atoms with Crippen LogP contribution in [0, 0.1) is 11.6 Å². The van der Waals surface area contributed by atoms with E-state index >= 15 is 0 Å². The molecule has 0 unspecified atom stereocenters. The first kappa shape index (κ1) is 15.4. The third-order valence-corrected chi connectivity index (χ3v) is 3.25. The minimum Gasteiger partial charge on any atom is -0.483 e. The quantitative estimate of drug-likeness (QED) is 0.873. The minimum absolute atomic E-state index is 0.142. The van der Waals surface area contributed by atoms with Crippen LogP contribution < -0.4 is 10.1 Å². The molecule has 1 N–H and O–H groups in total. The van der Waals surface area contributed by atoms with Crippen LogP contribution in [0.5, 0.6) is 5.75 Å². The van der Waals surface area contributed by atoms with Crippen molar-refractivity contribution in [1.82, 2.24) is 5.32 Å². The Balaban J connectivity index is 2.08. The molecule has 0 amide bonds. The van der Waals surface area contributed by atoms with Gasteiger partial charge in [-0.05, 0) is 42.3 Å². The zero-order valence-electron chi connectivity index (χ0n) is 12.2. The SMILES string of the molecule is CCc1ccc(COc2c(F)cc(CNC)cc2F)cc1. The van der Waals surface area contributed by atoms with Gasteiger partial charge in [-0.1, -0.05) is 31.2 Å². The third kappa shape index (κ3) is 4.02. The second kappa shape index (κ2) is 7.18. The molecule has 0 saturated carbocycles. The maximum Gasteiger partial charge on any atom is 0.191 e. The third-order valence-electron chi connectivity index (χ3n) is 3.25. The molecule has 0 radical (unpaired) electrons. The van der Waals surface area contributed by atoms with Gasteiger partial charge in [-0.2, -0.15) is 0 Å². The Morgan fingerprint density at radius 1 is 0.952 bits per heavy atom. The summed E-state index contributed by atoms with van der Waals surface area (Å²) in [6, 6.07) is 10.4. The first-order chi connectivity index (χ1) is 10.1. The van der Waals surface area contributed by atoms with Gasteiger partial charge in [-0.25, -0.2) is 8.78 Å². The van der Waals surface area contributed by atoms with Crippen molar-refractivity contribution >= 4 is 0 Å². The van der Waals surface area contributed by atoms with Crippen molar-refractivity contribution in [1.29, 1.82) is 0 Å². The van der Waals surface area contributed by atoms with Crippen molar-refractivity contribution in [2.24, 2.45) is 0 Å². The summed E-state index contributed by atoms with van der Waals surface area (Å²) in [5.41, 5.74) is 2.64. The maximum atomic E-state index is 13.9. The molecule has 21 heavy (non-hydrogen) atoms. The monoisotopic (exact) mass is 291 g/mol. The van der Waals surface area contributed by atoms with Crippen LogP contribution >= 0.6 is 0 Å². The number of nitrogens with one attached hydrogen (secondary N) is 1. The molecule has 0 atom stereocenters. The predicted octanol–water partition coefficient (Wildman–Crippen LogP) is 3.83. The average molecular weight is 291 g/mol. The van der Waals surface area contributed by atoms with Gasteiger partial charge in [0.1, 0.15) is 6.61 Å². The Morgan fingerprint density at radius 3 is 2.05 bits per heavy atom. The number of aryl methyl sites for hydroxylation is 1. The summed E-state index contributed by atoms with van der Waals surface area (Å²) < 4.78 is 33.0. The molecule has 4 heteroatoms. The fraction of sp³-hybridized carbons (Fsp3) is 0.294. The van der Waals surface area contributed by atoms with E-state index in [4.69, 9.17) is 4.74 Å². The number of benzene rings is 2. The molecule has 0 bridgehead atoms. The Kier molecular flexibility index (Phi) is 5.28. The molecule has 0 aliphatic rings. The lowest BCUT2D eigenvalue weighted by atomic mass is 10.1. The Morgan fingerprint density at radius 2 is 1.52 bits per heavy atom. The predicted molar refractivity (Wildman–Crippen MR) is 79.3 cm³/mol. The van der Waals surface area contributed by atoms with Crippen LogP contribution in [0.25, 0.3) is 0 Å². The van der Waals surface area contributed by atoms with Crippen molar-refractivity contribution < 1.29 is 13.5 Å². The molecule has 0 fully saturated rings. The van der Waals surface area contributed by atoms with Crippen LogP contribution in [0.15, 0.2) is 36.4 Å². The van der Waals surface area contributed by atoms with Gasteiger partial charge < -0.3 is 10.1 Å². The molecule has 2 aromatic rings. The van der Waals surface area contributed by atoms with E-state index in [0.717, 1.165) is 12.0 Å². The van der Waals surface area contributed by atoms with E-state index in [0.29, 0.717) is 12.1 Å². The minimum atomic E-state index is -0.676. The zero-order chi connectivity index (χ0) is 15.2. The second-order valence-corrected chi connectivity index (χ2v) is 4.88. The Labute approximate surface area is 123 Å². The van der Waals surface area contributed by atoms with E-state index in [2.05, 4.69) is 12.2 Å². The van der Waals surface area contributed by atoms with Gasteiger partial charge in [0, 0.05) is 6.54 Å². The molecule has 2 nitrogen and oxygen atoms in total.